The first kappa shape index (κ1) is 16.0. The third-order valence-electron chi connectivity index (χ3n) is 3.30. The van der Waals surface area contributed by atoms with E-state index in [1.807, 2.05) is 0 Å². The molecular formula is C16H14ClNO4. The van der Waals surface area contributed by atoms with Crippen LogP contribution in [0.25, 0.3) is 11.1 Å². The molecule has 5 nitrogen and oxygen atoms in total. The lowest BCUT2D eigenvalue weighted by Gasteiger charge is -2.09. The predicted molar refractivity (Wildman–Crippen MR) is 84.0 cm³/mol. The Kier molecular flexibility index (Phi) is 5.12. The van der Waals surface area contributed by atoms with E-state index in [4.69, 9.17) is 16.7 Å². The van der Waals surface area contributed by atoms with E-state index in [1.165, 1.54) is 6.07 Å². The molecule has 0 spiro atoms. The molecule has 6 heteroatoms. The number of nitrogens with zero attached hydrogens (tertiary/aromatic N) is 1. The van der Waals surface area contributed by atoms with Crippen LogP contribution in [0.15, 0.2) is 48.5 Å². The first-order valence-corrected chi connectivity index (χ1v) is 7.12. The van der Waals surface area contributed by atoms with E-state index in [0.29, 0.717) is 12.0 Å². The van der Waals surface area contributed by atoms with Crippen LogP contribution in [0.2, 0.25) is 0 Å². The molecule has 0 bridgehead atoms. The average molecular weight is 320 g/mol. The number of nitro groups is 1. The third-order valence-corrected chi connectivity index (χ3v) is 3.77. The van der Waals surface area contributed by atoms with E-state index in [1.54, 1.807) is 42.5 Å². The van der Waals surface area contributed by atoms with Crippen molar-refractivity contribution in [3.63, 3.8) is 0 Å². The van der Waals surface area contributed by atoms with Gasteiger partial charge in [-0.05, 0) is 23.6 Å². The minimum absolute atomic E-state index is 0.0000745. The van der Waals surface area contributed by atoms with Gasteiger partial charge >= 0.3 is 5.97 Å². The molecule has 0 aromatic heterocycles. The topological polar surface area (TPSA) is 80.4 Å². The molecule has 0 saturated heterocycles. The normalized spacial score (nSPS) is 11.9. The molecule has 0 saturated carbocycles. The van der Waals surface area contributed by atoms with Gasteiger partial charge in [-0.2, -0.15) is 0 Å². The van der Waals surface area contributed by atoms with Gasteiger partial charge in [0.05, 0.1) is 15.9 Å². The van der Waals surface area contributed by atoms with Gasteiger partial charge < -0.3 is 5.11 Å². The van der Waals surface area contributed by atoms with Gasteiger partial charge in [-0.1, -0.05) is 36.4 Å². The van der Waals surface area contributed by atoms with Crippen molar-refractivity contribution in [2.75, 3.05) is 0 Å². The van der Waals surface area contributed by atoms with Crippen LogP contribution < -0.4 is 0 Å². The molecule has 0 radical (unpaired) electrons. The highest BCUT2D eigenvalue weighted by Crippen LogP contribution is 2.32. The molecule has 2 aromatic carbocycles. The zero-order chi connectivity index (χ0) is 16.1. The number of halogens is 1. The Bertz CT molecular complexity index is 685. The first-order valence-electron chi connectivity index (χ1n) is 6.68. The predicted octanol–water partition coefficient (Wildman–Crippen LogP) is 4.41. The molecule has 2 rings (SSSR count). The van der Waals surface area contributed by atoms with Crippen molar-refractivity contribution in [2.45, 2.75) is 18.2 Å². The quantitative estimate of drug-likeness (QED) is 0.486. The number of alkyl halides is 1. The minimum Gasteiger partial charge on any atom is -0.481 e. The monoisotopic (exact) mass is 319 g/mol. The van der Waals surface area contributed by atoms with Crippen LogP contribution in [0.1, 0.15) is 23.8 Å². The maximum atomic E-state index is 11.0. The Hall–Kier alpha value is -2.40. The molecule has 0 heterocycles. The Morgan fingerprint density at radius 1 is 1.18 bits per heavy atom. The largest absolute Gasteiger partial charge is 0.481 e. The Labute approximate surface area is 132 Å². The lowest BCUT2D eigenvalue weighted by Crippen LogP contribution is -1.98. The van der Waals surface area contributed by atoms with E-state index in [9.17, 15) is 14.9 Å². The van der Waals surface area contributed by atoms with Gasteiger partial charge in [0, 0.05) is 12.5 Å². The summed E-state index contributed by atoms with van der Waals surface area (Å²) in [5, 5.41) is 19.3. The van der Waals surface area contributed by atoms with Gasteiger partial charge in [-0.15, -0.1) is 11.6 Å². The first-order chi connectivity index (χ1) is 10.5. The summed E-state index contributed by atoms with van der Waals surface area (Å²) in [5.74, 6) is -0.887. The molecular weight excluding hydrogens is 306 g/mol. The van der Waals surface area contributed by atoms with Gasteiger partial charge in [0.1, 0.15) is 0 Å². The standard InChI is InChI=1S/C16H14ClNO4/c17-14(9-10-16(19)20)12-7-5-11(6-8-12)13-3-1-2-4-15(13)18(21)22/h1-8,14H,9-10H2,(H,19,20). The highest BCUT2D eigenvalue weighted by molar-refractivity contribution is 6.20. The lowest BCUT2D eigenvalue weighted by molar-refractivity contribution is -0.384. The second-order valence-electron chi connectivity index (χ2n) is 4.80. The molecule has 0 amide bonds. The third kappa shape index (κ3) is 3.83. The van der Waals surface area contributed by atoms with Gasteiger partial charge in [0.25, 0.3) is 5.69 Å². The summed E-state index contributed by atoms with van der Waals surface area (Å²) in [6.07, 6.45) is 0.335. The SMILES string of the molecule is O=C(O)CCC(Cl)c1ccc(-c2ccccc2[N+](=O)[O-])cc1. The second-order valence-corrected chi connectivity index (χ2v) is 5.32. The van der Waals surface area contributed by atoms with Crippen LogP contribution in [-0.2, 0) is 4.79 Å². The van der Waals surface area contributed by atoms with Crippen molar-refractivity contribution >= 4 is 23.3 Å². The van der Waals surface area contributed by atoms with E-state index < -0.39 is 16.3 Å². The number of benzene rings is 2. The number of carboxylic acids is 1. The Balaban J connectivity index is 2.22. The van der Waals surface area contributed by atoms with E-state index in [2.05, 4.69) is 0 Å². The zero-order valence-electron chi connectivity index (χ0n) is 11.6. The fourth-order valence-corrected chi connectivity index (χ4v) is 2.42. The maximum Gasteiger partial charge on any atom is 0.303 e. The average Bonchev–Trinajstić information content (AvgIpc) is 2.52. The zero-order valence-corrected chi connectivity index (χ0v) is 12.4. The summed E-state index contributed by atoms with van der Waals surface area (Å²) in [6.45, 7) is 0. The molecule has 0 aliphatic carbocycles. The molecule has 114 valence electrons. The van der Waals surface area contributed by atoms with Gasteiger partial charge in [-0.3, -0.25) is 14.9 Å². The maximum absolute atomic E-state index is 11.0. The fourth-order valence-electron chi connectivity index (χ4n) is 2.17. The van der Waals surface area contributed by atoms with Crippen LogP contribution in [-0.4, -0.2) is 16.0 Å². The molecule has 0 aliphatic heterocycles. The van der Waals surface area contributed by atoms with Crippen molar-refractivity contribution in [3.05, 3.63) is 64.2 Å². The summed E-state index contributed by atoms with van der Waals surface area (Å²) in [5.41, 5.74) is 2.10. The Morgan fingerprint density at radius 2 is 1.82 bits per heavy atom. The highest BCUT2D eigenvalue weighted by Gasteiger charge is 2.15. The molecule has 0 fully saturated rings. The molecule has 1 unspecified atom stereocenters. The molecule has 22 heavy (non-hydrogen) atoms. The summed E-state index contributed by atoms with van der Waals surface area (Å²) in [7, 11) is 0. The number of hydrogen-bond acceptors (Lipinski definition) is 3. The van der Waals surface area contributed by atoms with E-state index in [-0.39, 0.29) is 12.1 Å². The summed E-state index contributed by atoms with van der Waals surface area (Å²) < 4.78 is 0. The summed E-state index contributed by atoms with van der Waals surface area (Å²) in [6, 6.07) is 13.6. The van der Waals surface area contributed by atoms with E-state index >= 15 is 0 Å². The summed E-state index contributed by atoms with van der Waals surface area (Å²) in [4.78, 5) is 21.2. The number of carbonyl (C=O) groups is 1. The van der Waals surface area contributed by atoms with Crippen LogP contribution in [0, 0.1) is 10.1 Å². The summed E-state index contributed by atoms with van der Waals surface area (Å²) >= 11 is 6.16. The van der Waals surface area contributed by atoms with Crippen molar-refractivity contribution in [3.8, 4) is 11.1 Å². The molecule has 1 N–H and O–H groups in total. The van der Waals surface area contributed by atoms with Crippen LogP contribution >= 0.6 is 11.6 Å². The molecule has 0 aliphatic rings. The van der Waals surface area contributed by atoms with Crippen LogP contribution in [0.5, 0.6) is 0 Å². The molecule has 2 aromatic rings. The van der Waals surface area contributed by atoms with Gasteiger partial charge in [0.2, 0.25) is 0 Å². The van der Waals surface area contributed by atoms with E-state index in [0.717, 1.165) is 11.1 Å². The minimum atomic E-state index is -0.887. The van der Waals surface area contributed by atoms with Crippen molar-refractivity contribution in [1.29, 1.82) is 0 Å². The van der Waals surface area contributed by atoms with Crippen molar-refractivity contribution < 1.29 is 14.8 Å². The fraction of sp³-hybridized carbons (Fsp3) is 0.188. The number of hydrogen-bond donors (Lipinski definition) is 1. The van der Waals surface area contributed by atoms with Gasteiger partial charge in [0.15, 0.2) is 0 Å². The highest BCUT2D eigenvalue weighted by atomic mass is 35.5. The van der Waals surface area contributed by atoms with Gasteiger partial charge in [-0.25, -0.2) is 0 Å². The van der Waals surface area contributed by atoms with Crippen molar-refractivity contribution in [1.82, 2.24) is 0 Å². The molecule has 1 atom stereocenters. The number of nitro benzene ring substituents is 1. The number of rotatable bonds is 6. The number of carboxylic acid groups (broad SMARTS) is 1. The number of para-hydroxylation sites is 1. The lowest BCUT2D eigenvalue weighted by atomic mass is 10.00. The smallest absolute Gasteiger partial charge is 0.303 e. The van der Waals surface area contributed by atoms with Crippen LogP contribution in [0.4, 0.5) is 5.69 Å². The Morgan fingerprint density at radius 3 is 2.41 bits per heavy atom. The van der Waals surface area contributed by atoms with Crippen LogP contribution in [0.3, 0.4) is 0 Å². The number of aliphatic carboxylic acids is 1. The van der Waals surface area contributed by atoms with Crippen molar-refractivity contribution in [2.24, 2.45) is 0 Å². The second kappa shape index (κ2) is 7.04.